The summed E-state index contributed by atoms with van der Waals surface area (Å²) in [5, 5.41) is 6.95. The average molecular weight is 316 g/mol. The van der Waals surface area contributed by atoms with Gasteiger partial charge in [-0.15, -0.1) is 11.8 Å². The number of aromatic nitrogens is 2. The number of carbonyl (C=O) groups is 1. The van der Waals surface area contributed by atoms with Gasteiger partial charge in [-0.3, -0.25) is 4.79 Å². The first-order valence-corrected chi connectivity index (χ1v) is 8.33. The Kier molecular flexibility index (Phi) is 3.19. The predicted octanol–water partition coefficient (Wildman–Crippen LogP) is 2.51. The highest BCUT2D eigenvalue weighted by atomic mass is 32.2. The van der Waals surface area contributed by atoms with Gasteiger partial charge in [0.1, 0.15) is 0 Å². The van der Waals surface area contributed by atoms with Gasteiger partial charge in [-0.1, -0.05) is 5.16 Å². The van der Waals surface area contributed by atoms with Crippen LogP contribution in [0.4, 0.5) is 5.69 Å². The van der Waals surface area contributed by atoms with Crippen LogP contribution in [0.5, 0.6) is 0 Å². The Bertz CT molecular complexity index is 739. The highest BCUT2D eigenvalue weighted by Gasteiger charge is 2.39. The van der Waals surface area contributed by atoms with Crippen LogP contribution in [0.3, 0.4) is 0 Å². The molecule has 0 saturated heterocycles. The molecule has 1 fully saturated rings. The molecule has 0 atom stereocenters. The van der Waals surface area contributed by atoms with Crippen molar-refractivity contribution < 1.29 is 9.32 Å². The molecule has 2 aliphatic rings. The molecule has 6 nitrogen and oxygen atoms in total. The zero-order valence-electron chi connectivity index (χ0n) is 12.0. The fourth-order valence-corrected chi connectivity index (χ4v) is 3.61. The fraction of sp³-hybridized carbons (Fsp3) is 0.400. The first-order chi connectivity index (χ1) is 10.6. The quantitative estimate of drug-likeness (QED) is 0.884. The molecule has 0 unspecified atom stereocenters. The Hall–Kier alpha value is -1.86. The summed E-state index contributed by atoms with van der Waals surface area (Å²) in [7, 11) is 0. The molecule has 4 rings (SSSR count). The lowest BCUT2D eigenvalue weighted by Gasteiger charge is -2.34. The number of hydrogen-bond donors (Lipinski definition) is 2. The molecule has 2 aromatic rings. The lowest BCUT2D eigenvalue weighted by atomic mass is 9.77. The number of anilines is 1. The molecule has 0 radical (unpaired) electrons. The highest BCUT2D eigenvalue weighted by Crippen LogP contribution is 2.38. The van der Waals surface area contributed by atoms with E-state index in [-0.39, 0.29) is 5.91 Å². The zero-order chi connectivity index (χ0) is 15.2. The van der Waals surface area contributed by atoms with Gasteiger partial charge in [0.05, 0.1) is 11.2 Å². The molecule has 7 heteroatoms. The Balaban J connectivity index is 1.67. The van der Waals surface area contributed by atoms with Crippen molar-refractivity contribution in [1.29, 1.82) is 0 Å². The van der Waals surface area contributed by atoms with Crippen LogP contribution in [0.25, 0.3) is 11.5 Å². The van der Waals surface area contributed by atoms with Crippen molar-refractivity contribution in [2.24, 2.45) is 5.73 Å². The number of nitrogens with one attached hydrogen (secondary N) is 1. The number of rotatable bonds is 2. The number of nitrogens with zero attached hydrogens (tertiary/aromatic N) is 2. The van der Waals surface area contributed by atoms with E-state index in [4.69, 9.17) is 10.3 Å². The molecule has 1 aliphatic heterocycles. The first kappa shape index (κ1) is 13.8. The van der Waals surface area contributed by atoms with Gasteiger partial charge in [0, 0.05) is 22.6 Å². The first-order valence-electron chi connectivity index (χ1n) is 7.34. The summed E-state index contributed by atoms with van der Waals surface area (Å²) in [6.07, 6.45) is 3.41. The molecule has 1 aliphatic carbocycles. The molecule has 22 heavy (non-hydrogen) atoms. The maximum atomic E-state index is 11.7. The van der Waals surface area contributed by atoms with Gasteiger partial charge < -0.3 is 15.6 Å². The van der Waals surface area contributed by atoms with Gasteiger partial charge in [-0.25, -0.2) is 0 Å². The van der Waals surface area contributed by atoms with Crippen molar-refractivity contribution in [3.8, 4) is 11.5 Å². The Morgan fingerprint density at radius 2 is 2.23 bits per heavy atom. The van der Waals surface area contributed by atoms with Gasteiger partial charge in [0.25, 0.3) is 5.89 Å². The topological polar surface area (TPSA) is 94.0 Å². The molecule has 1 aromatic heterocycles. The van der Waals surface area contributed by atoms with Crippen LogP contribution in [0.2, 0.25) is 0 Å². The van der Waals surface area contributed by atoms with E-state index in [1.54, 1.807) is 11.8 Å². The number of carbonyl (C=O) groups excluding carboxylic acids is 1. The highest BCUT2D eigenvalue weighted by molar-refractivity contribution is 7.99. The molecule has 2 heterocycles. The monoisotopic (exact) mass is 316 g/mol. The van der Waals surface area contributed by atoms with Crippen LogP contribution in [0.1, 0.15) is 31.5 Å². The number of hydrogen-bond acceptors (Lipinski definition) is 6. The molecule has 1 aromatic carbocycles. The molecular weight excluding hydrogens is 300 g/mol. The third-order valence-corrected chi connectivity index (χ3v) is 5.28. The molecule has 0 bridgehead atoms. The minimum absolute atomic E-state index is 0.0324. The largest absolute Gasteiger partial charge is 0.334 e. The van der Waals surface area contributed by atoms with Crippen LogP contribution < -0.4 is 11.1 Å². The molecule has 0 spiro atoms. The Morgan fingerprint density at radius 3 is 3.00 bits per heavy atom. The maximum Gasteiger partial charge on any atom is 0.258 e. The lowest BCUT2D eigenvalue weighted by Crippen LogP contribution is -2.44. The van der Waals surface area contributed by atoms with Crippen molar-refractivity contribution in [1.82, 2.24) is 10.1 Å². The van der Waals surface area contributed by atoms with E-state index in [0.29, 0.717) is 18.1 Å². The van der Waals surface area contributed by atoms with Crippen molar-refractivity contribution >= 4 is 23.4 Å². The normalized spacial score (nSPS) is 19.8. The Labute approximate surface area is 131 Å². The lowest BCUT2D eigenvalue weighted by molar-refractivity contribution is -0.115. The van der Waals surface area contributed by atoms with E-state index in [0.717, 1.165) is 41.2 Å². The third-order valence-electron chi connectivity index (χ3n) is 4.20. The smallest absolute Gasteiger partial charge is 0.258 e. The van der Waals surface area contributed by atoms with E-state index < -0.39 is 5.54 Å². The van der Waals surface area contributed by atoms with Crippen LogP contribution in [0.15, 0.2) is 27.6 Å². The van der Waals surface area contributed by atoms with Crippen molar-refractivity contribution in [3.63, 3.8) is 0 Å². The zero-order valence-corrected chi connectivity index (χ0v) is 12.8. The molecular formula is C15H16N4O2S. The summed E-state index contributed by atoms with van der Waals surface area (Å²) in [6.45, 7) is 0. The van der Waals surface area contributed by atoms with Gasteiger partial charge in [-0.05, 0) is 37.5 Å². The minimum atomic E-state index is -0.433. The second-order valence-corrected chi connectivity index (χ2v) is 6.93. The molecule has 3 N–H and O–H groups in total. The Morgan fingerprint density at radius 1 is 1.36 bits per heavy atom. The number of benzene rings is 1. The van der Waals surface area contributed by atoms with E-state index in [2.05, 4.69) is 15.5 Å². The fourth-order valence-electron chi connectivity index (χ4n) is 2.68. The van der Waals surface area contributed by atoms with Gasteiger partial charge in [0.15, 0.2) is 5.82 Å². The van der Waals surface area contributed by atoms with Crippen molar-refractivity contribution in [2.45, 2.75) is 36.1 Å². The summed E-state index contributed by atoms with van der Waals surface area (Å²) in [5.41, 5.74) is 7.38. The second-order valence-electron chi connectivity index (χ2n) is 5.79. The summed E-state index contributed by atoms with van der Waals surface area (Å²) < 4.78 is 5.36. The number of fused-ring (bicyclic) bond motifs is 1. The summed E-state index contributed by atoms with van der Waals surface area (Å²) in [6, 6.07) is 5.80. The number of amides is 1. The van der Waals surface area contributed by atoms with Crippen LogP contribution in [-0.2, 0) is 10.3 Å². The average Bonchev–Trinajstić information content (AvgIpc) is 2.89. The second kappa shape index (κ2) is 5.10. The summed E-state index contributed by atoms with van der Waals surface area (Å²) in [4.78, 5) is 17.2. The van der Waals surface area contributed by atoms with Gasteiger partial charge >= 0.3 is 0 Å². The van der Waals surface area contributed by atoms with E-state index >= 15 is 0 Å². The van der Waals surface area contributed by atoms with E-state index in [1.807, 2.05) is 18.2 Å². The summed E-state index contributed by atoms with van der Waals surface area (Å²) >= 11 is 1.67. The number of thioether (sulfide) groups is 1. The van der Waals surface area contributed by atoms with Crippen molar-refractivity contribution in [2.75, 3.05) is 11.1 Å². The maximum absolute atomic E-state index is 11.7. The van der Waals surface area contributed by atoms with Gasteiger partial charge in [0.2, 0.25) is 5.91 Å². The minimum Gasteiger partial charge on any atom is -0.334 e. The molecule has 114 valence electrons. The van der Waals surface area contributed by atoms with Crippen LogP contribution in [-0.4, -0.2) is 21.8 Å². The number of nitrogens with two attached hydrogens (primary N) is 1. The van der Waals surface area contributed by atoms with Gasteiger partial charge in [-0.2, -0.15) is 4.98 Å². The predicted molar refractivity (Wildman–Crippen MR) is 83.4 cm³/mol. The summed E-state index contributed by atoms with van der Waals surface area (Å²) in [5.74, 6) is 1.84. The van der Waals surface area contributed by atoms with Crippen molar-refractivity contribution in [3.05, 3.63) is 24.0 Å². The van der Waals surface area contributed by atoms with E-state index in [9.17, 15) is 4.79 Å². The van der Waals surface area contributed by atoms with Crippen LogP contribution >= 0.6 is 11.8 Å². The third kappa shape index (κ3) is 2.30. The van der Waals surface area contributed by atoms with Crippen LogP contribution in [0, 0.1) is 0 Å². The van der Waals surface area contributed by atoms with E-state index in [1.165, 1.54) is 0 Å². The standard InChI is InChI=1S/C15H16N4O2S/c16-15(5-1-6-15)14-18-13(21-19-14)9-2-3-11-10(8-9)17-12(20)4-7-22-11/h2-3,8H,1,4-7,16H2,(H,17,20). The molecule has 1 saturated carbocycles. The molecule has 1 amide bonds. The SMILES string of the molecule is NC1(c2noc(-c3ccc4c(c3)NC(=O)CCS4)n2)CCC1.